The first kappa shape index (κ1) is 11.5. The Morgan fingerprint density at radius 1 is 1.18 bits per heavy atom. The van der Waals surface area contributed by atoms with Crippen molar-refractivity contribution in [1.82, 2.24) is 0 Å². The summed E-state index contributed by atoms with van der Waals surface area (Å²) in [4.78, 5) is 10.8. The minimum atomic E-state index is -0.838. The van der Waals surface area contributed by atoms with Crippen LogP contribution in [0.2, 0.25) is 0 Å². The zero-order chi connectivity index (χ0) is 12.0. The summed E-state index contributed by atoms with van der Waals surface area (Å²) >= 11 is 0. The first-order valence-electron chi connectivity index (χ1n) is 7.05. The van der Waals surface area contributed by atoms with Gasteiger partial charge in [-0.25, -0.2) is 0 Å². The molecule has 0 spiro atoms. The van der Waals surface area contributed by atoms with Crippen molar-refractivity contribution in [2.45, 2.75) is 57.4 Å². The number of nitrogens with two attached hydrogens (primary N) is 1. The first-order valence-corrected chi connectivity index (χ1v) is 7.05. The Kier molecular flexibility index (Phi) is 2.69. The van der Waals surface area contributed by atoms with Gasteiger partial charge in [0, 0.05) is 0 Å². The molecular formula is C14H23NO2. The zero-order valence-corrected chi connectivity index (χ0v) is 10.4. The third-order valence-electron chi connectivity index (χ3n) is 5.47. The number of hydrogen-bond acceptors (Lipinski definition) is 2. The van der Waals surface area contributed by atoms with Crippen molar-refractivity contribution in [3.05, 3.63) is 0 Å². The van der Waals surface area contributed by atoms with Gasteiger partial charge >= 0.3 is 5.97 Å². The van der Waals surface area contributed by atoms with Crippen LogP contribution in [-0.4, -0.2) is 17.1 Å². The van der Waals surface area contributed by atoms with E-state index in [1.54, 1.807) is 0 Å². The van der Waals surface area contributed by atoms with E-state index in [2.05, 4.69) is 0 Å². The van der Waals surface area contributed by atoms with Crippen LogP contribution in [0.5, 0.6) is 0 Å². The van der Waals surface area contributed by atoms with Gasteiger partial charge < -0.3 is 10.8 Å². The molecule has 4 aliphatic carbocycles. The summed E-state index contributed by atoms with van der Waals surface area (Å²) in [5, 5.41) is 8.87. The van der Waals surface area contributed by atoms with Gasteiger partial charge in [-0.1, -0.05) is 0 Å². The molecule has 0 heterocycles. The molecule has 4 saturated carbocycles. The maximum atomic E-state index is 10.8. The van der Waals surface area contributed by atoms with Crippen LogP contribution in [0.1, 0.15) is 51.4 Å². The molecule has 3 nitrogen and oxygen atoms in total. The zero-order valence-electron chi connectivity index (χ0n) is 10.4. The first-order chi connectivity index (χ1) is 8.06. The lowest BCUT2D eigenvalue weighted by atomic mass is 9.48. The van der Waals surface area contributed by atoms with E-state index in [0.29, 0.717) is 11.8 Å². The second kappa shape index (κ2) is 3.98. The van der Waals surface area contributed by atoms with Crippen LogP contribution in [0.3, 0.4) is 0 Å². The molecule has 0 aromatic rings. The highest BCUT2D eigenvalue weighted by Crippen LogP contribution is 2.61. The lowest BCUT2D eigenvalue weighted by molar-refractivity contribution is -0.139. The van der Waals surface area contributed by atoms with Crippen molar-refractivity contribution < 1.29 is 9.90 Å². The van der Waals surface area contributed by atoms with Crippen LogP contribution in [0.4, 0.5) is 0 Å². The van der Waals surface area contributed by atoms with Gasteiger partial charge in [0.2, 0.25) is 0 Å². The molecule has 1 atom stereocenters. The van der Waals surface area contributed by atoms with Crippen molar-refractivity contribution in [1.29, 1.82) is 0 Å². The van der Waals surface area contributed by atoms with Gasteiger partial charge in [0.1, 0.15) is 6.04 Å². The quantitative estimate of drug-likeness (QED) is 0.789. The fourth-order valence-electron chi connectivity index (χ4n) is 5.18. The van der Waals surface area contributed by atoms with E-state index in [1.165, 1.54) is 38.5 Å². The summed E-state index contributed by atoms with van der Waals surface area (Å²) in [7, 11) is 0. The van der Waals surface area contributed by atoms with Gasteiger partial charge in [0.15, 0.2) is 0 Å². The Hall–Kier alpha value is -0.570. The van der Waals surface area contributed by atoms with Crippen LogP contribution in [0.15, 0.2) is 0 Å². The summed E-state index contributed by atoms with van der Waals surface area (Å²) in [5.74, 6) is 2.00. The average molecular weight is 237 g/mol. The van der Waals surface area contributed by atoms with Gasteiger partial charge in [-0.2, -0.15) is 0 Å². The smallest absolute Gasteiger partial charge is 0.320 e. The molecule has 4 bridgehead atoms. The molecule has 3 heteroatoms. The summed E-state index contributed by atoms with van der Waals surface area (Å²) in [5.41, 5.74) is 6.12. The van der Waals surface area contributed by atoms with Crippen molar-refractivity contribution in [2.24, 2.45) is 28.9 Å². The van der Waals surface area contributed by atoms with E-state index >= 15 is 0 Å². The Morgan fingerprint density at radius 3 is 2.06 bits per heavy atom. The minimum Gasteiger partial charge on any atom is -0.480 e. The largest absolute Gasteiger partial charge is 0.480 e. The minimum absolute atomic E-state index is 0.474. The fraction of sp³-hybridized carbons (Fsp3) is 0.929. The Morgan fingerprint density at radius 2 is 1.65 bits per heavy atom. The maximum absolute atomic E-state index is 10.8. The van der Waals surface area contributed by atoms with Crippen molar-refractivity contribution >= 4 is 5.97 Å². The molecule has 17 heavy (non-hydrogen) atoms. The second-order valence-corrected chi connectivity index (χ2v) is 6.90. The Labute approximate surface area is 103 Å². The van der Waals surface area contributed by atoms with Gasteiger partial charge in [-0.15, -0.1) is 0 Å². The van der Waals surface area contributed by atoms with Gasteiger partial charge in [0.05, 0.1) is 0 Å². The average Bonchev–Trinajstić information content (AvgIpc) is 2.24. The topological polar surface area (TPSA) is 63.3 Å². The molecule has 4 rings (SSSR count). The number of hydrogen-bond donors (Lipinski definition) is 2. The summed E-state index contributed by atoms with van der Waals surface area (Å²) in [6.45, 7) is 0. The number of aliphatic carboxylic acids is 1. The van der Waals surface area contributed by atoms with Gasteiger partial charge in [0.25, 0.3) is 0 Å². The van der Waals surface area contributed by atoms with E-state index in [1.807, 2.05) is 0 Å². The molecule has 0 amide bonds. The molecule has 96 valence electrons. The normalized spacial score (nSPS) is 44.9. The molecule has 4 fully saturated rings. The van der Waals surface area contributed by atoms with Crippen molar-refractivity contribution in [3.8, 4) is 0 Å². The molecule has 4 aliphatic rings. The second-order valence-electron chi connectivity index (χ2n) is 6.90. The molecule has 3 N–H and O–H groups in total. The third kappa shape index (κ3) is 2.10. The van der Waals surface area contributed by atoms with E-state index in [4.69, 9.17) is 10.8 Å². The van der Waals surface area contributed by atoms with Crippen LogP contribution in [0.25, 0.3) is 0 Å². The predicted octanol–water partition coefficient (Wildman–Crippen LogP) is 2.39. The van der Waals surface area contributed by atoms with E-state index < -0.39 is 12.0 Å². The number of carboxylic acid groups (broad SMARTS) is 1. The van der Waals surface area contributed by atoms with E-state index in [-0.39, 0.29) is 0 Å². The summed E-state index contributed by atoms with van der Waals surface area (Å²) < 4.78 is 0. The Balaban J connectivity index is 1.64. The highest BCUT2D eigenvalue weighted by atomic mass is 16.4. The lowest BCUT2D eigenvalue weighted by Crippen LogP contribution is -2.46. The van der Waals surface area contributed by atoms with Crippen molar-refractivity contribution in [2.75, 3.05) is 0 Å². The number of carbonyl (C=O) groups is 1. The molecule has 0 aromatic carbocycles. The van der Waals surface area contributed by atoms with Gasteiger partial charge in [-0.05, 0) is 74.5 Å². The SMILES string of the molecule is NC(CCC12CC3CC(CC(C3)C1)C2)C(=O)O. The molecular weight excluding hydrogens is 214 g/mol. The molecule has 0 aliphatic heterocycles. The Bertz CT molecular complexity index is 291. The molecule has 1 unspecified atom stereocenters. The van der Waals surface area contributed by atoms with E-state index in [9.17, 15) is 4.79 Å². The number of rotatable bonds is 4. The molecule has 0 aromatic heterocycles. The monoisotopic (exact) mass is 237 g/mol. The highest BCUT2D eigenvalue weighted by Gasteiger charge is 2.50. The maximum Gasteiger partial charge on any atom is 0.320 e. The standard InChI is InChI=1S/C14H23NO2/c15-12(13(16)17)1-2-14-6-9-3-10(7-14)5-11(4-9)8-14/h9-12H,1-8,15H2,(H,16,17). The van der Waals surface area contributed by atoms with Crippen LogP contribution >= 0.6 is 0 Å². The third-order valence-corrected chi connectivity index (χ3v) is 5.47. The van der Waals surface area contributed by atoms with Crippen molar-refractivity contribution in [3.63, 3.8) is 0 Å². The van der Waals surface area contributed by atoms with Crippen LogP contribution < -0.4 is 5.73 Å². The highest BCUT2D eigenvalue weighted by molar-refractivity contribution is 5.72. The van der Waals surface area contributed by atoms with E-state index in [0.717, 1.165) is 24.2 Å². The van der Waals surface area contributed by atoms with Gasteiger partial charge in [-0.3, -0.25) is 4.79 Å². The lowest BCUT2D eigenvalue weighted by Gasteiger charge is -2.57. The summed E-state index contributed by atoms with van der Waals surface area (Å²) in [6.07, 6.45) is 10.1. The fourth-order valence-corrected chi connectivity index (χ4v) is 5.18. The molecule has 0 radical (unpaired) electrons. The van der Waals surface area contributed by atoms with Crippen LogP contribution in [-0.2, 0) is 4.79 Å². The molecule has 0 saturated heterocycles. The summed E-state index contributed by atoms with van der Waals surface area (Å²) in [6, 6.07) is -0.650. The predicted molar refractivity (Wildman–Crippen MR) is 65.5 cm³/mol. The number of carboxylic acids is 1. The van der Waals surface area contributed by atoms with Crippen LogP contribution in [0, 0.1) is 23.2 Å².